The molecule has 0 unspecified atom stereocenters. The van der Waals surface area contributed by atoms with Crippen LogP contribution in [0.25, 0.3) is 0 Å². The molecule has 20 heavy (non-hydrogen) atoms. The maximum Gasteiger partial charge on any atom is 0.232 e. The Morgan fingerprint density at radius 3 is 2.15 bits per heavy atom. The van der Waals surface area contributed by atoms with Gasteiger partial charge in [-0.05, 0) is 43.3 Å². The lowest BCUT2D eigenvalue weighted by Gasteiger charge is -2.06. The molecule has 0 aliphatic heterocycles. The van der Waals surface area contributed by atoms with Crippen LogP contribution in [0.5, 0.6) is 0 Å². The highest BCUT2D eigenvalue weighted by atomic mass is 32.2. The van der Waals surface area contributed by atoms with E-state index < -0.39 is 10.0 Å². The van der Waals surface area contributed by atoms with Crippen molar-refractivity contribution >= 4 is 21.5 Å². The van der Waals surface area contributed by atoms with Gasteiger partial charge in [0.05, 0.1) is 5.75 Å². The SMILES string of the molecule is CCS(=O)(=O)Nc1ccc(C(=O)c2ccncc2)cc1. The van der Waals surface area contributed by atoms with Crippen molar-refractivity contribution in [1.29, 1.82) is 0 Å². The number of sulfonamides is 1. The number of aromatic nitrogens is 1. The highest BCUT2D eigenvalue weighted by molar-refractivity contribution is 7.92. The van der Waals surface area contributed by atoms with Crippen LogP contribution in [0.3, 0.4) is 0 Å². The zero-order valence-electron chi connectivity index (χ0n) is 10.9. The maximum absolute atomic E-state index is 12.1. The third-order valence-corrected chi connectivity index (χ3v) is 4.05. The van der Waals surface area contributed by atoms with Crippen molar-refractivity contribution in [1.82, 2.24) is 4.98 Å². The molecule has 0 aliphatic carbocycles. The lowest BCUT2D eigenvalue weighted by Crippen LogP contribution is -2.14. The van der Waals surface area contributed by atoms with Crippen LogP contribution in [0, 0.1) is 0 Å². The number of anilines is 1. The van der Waals surface area contributed by atoms with E-state index in [-0.39, 0.29) is 11.5 Å². The molecule has 0 bridgehead atoms. The van der Waals surface area contributed by atoms with Crippen LogP contribution < -0.4 is 4.72 Å². The van der Waals surface area contributed by atoms with Crippen LogP contribution in [-0.4, -0.2) is 24.9 Å². The third-order valence-electron chi connectivity index (χ3n) is 2.74. The van der Waals surface area contributed by atoms with Gasteiger partial charge in [0.25, 0.3) is 0 Å². The number of carbonyl (C=O) groups excluding carboxylic acids is 1. The van der Waals surface area contributed by atoms with E-state index in [1.165, 1.54) is 0 Å². The Bertz CT molecular complexity index is 695. The summed E-state index contributed by atoms with van der Waals surface area (Å²) in [5.74, 6) is -0.123. The summed E-state index contributed by atoms with van der Waals surface area (Å²) in [6, 6.07) is 9.60. The second kappa shape index (κ2) is 5.83. The largest absolute Gasteiger partial charge is 0.289 e. The minimum atomic E-state index is -3.30. The molecule has 1 aromatic heterocycles. The van der Waals surface area contributed by atoms with Crippen LogP contribution in [0.4, 0.5) is 5.69 Å². The fourth-order valence-electron chi connectivity index (χ4n) is 1.61. The average molecular weight is 290 g/mol. The van der Waals surface area contributed by atoms with Crippen LogP contribution in [0.15, 0.2) is 48.8 Å². The Kier molecular flexibility index (Phi) is 4.14. The minimum Gasteiger partial charge on any atom is -0.289 e. The summed E-state index contributed by atoms with van der Waals surface area (Å²) in [6.45, 7) is 1.56. The van der Waals surface area contributed by atoms with Crippen molar-refractivity contribution in [3.8, 4) is 0 Å². The summed E-state index contributed by atoms with van der Waals surface area (Å²) in [7, 11) is -3.30. The van der Waals surface area contributed by atoms with Gasteiger partial charge in [-0.15, -0.1) is 0 Å². The van der Waals surface area contributed by atoms with Gasteiger partial charge in [0.15, 0.2) is 5.78 Å². The first-order chi connectivity index (χ1) is 9.52. The highest BCUT2D eigenvalue weighted by Crippen LogP contribution is 2.14. The lowest BCUT2D eigenvalue weighted by molar-refractivity contribution is 0.103. The van der Waals surface area contributed by atoms with Gasteiger partial charge in [-0.2, -0.15) is 0 Å². The first-order valence-corrected chi connectivity index (χ1v) is 7.72. The molecule has 1 N–H and O–H groups in total. The molecule has 0 spiro atoms. The Morgan fingerprint density at radius 2 is 1.60 bits per heavy atom. The number of hydrogen-bond donors (Lipinski definition) is 1. The van der Waals surface area contributed by atoms with E-state index in [1.54, 1.807) is 55.7 Å². The van der Waals surface area contributed by atoms with E-state index in [1.807, 2.05) is 0 Å². The number of pyridine rings is 1. The molecule has 0 saturated heterocycles. The van der Waals surface area contributed by atoms with Crippen LogP contribution in [0.2, 0.25) is 0 Å². The minimum absolute atomic E-state index is 0.00466. The molecular formula is C14H14N2O3S. The maximum atomic E-state index is 12.1. The fraction of sp³-hybridized carbons (Fsp3) is 0.143. The van der Waals surface area contributed by atoms with Gasteiger partial charge in [-0.25, -0.2) is 8.42 Å². The highest BCUT2D eigenvalue weighted by Gasteiger charge is 2.10. The van der Waals surface area contributed by atoms with E-state index in [9.17, 15) is 13.2 Å². The van der Waals surface area contributed by atoms with E-state index in [0.29, 0.717) is 16.8 Å². The lowest BCUT2D eigenvalue weighted by atomic mass is 10.0. The van der Waals surface area contributed by atoms with E-state index in [0.717, 1.165) is 0 Å². The van der Waals surface area contributed by atoms with Gasteiger partial charge < -0.3 is 0 Å². The summed E-state index contributed by atoms with van der Waals surface area (Å²) in [4.78, 5) is 16.0. The van der Waals surface area contributed by atoms with Gasteiger partial charge in [-0.1, -0.05) is 0 Å². The van der Waals surface area contributed by atoms with Crippen molar-refractivity contribution in [2.75, 3.05) is 10.5 Å². The summed E-state index contributed by atoms with van der Waals surface area (Å²) in [5.41, 5.74) is 1.48. The van der Waals surface area contributed by atoms with Gasteiger partial charge >= 0.3 is 0 Å². The van der Waals surface area contributed by atoms with Crippen molar-refractivity contribution in [2.45, 2.75) is 6.92 Å². The van der Waals surface area contributed by atoms with Gasteiger partial charge in [-0.3, -0.25) is 14.5 Å². The predicted molar refractivity (Wildman–Crippen MR) is 77.2 cm³/mol. The van der Waals surface area contributed by atoms with Crippen molar-refractivity contribution in [3.05, 3.63) is 59.9 Å². The van der Waals surface area contributed by atoms with Crippen molar-refractivity contribution < 1.29 is 13.2 Å². The molecule has 104 valence electrons. The van der Waals surface area contributed by atoms with Crippen molar-refractivity contribution in [3.63, 3.8) is 0 Å². The van der Waals surface area contributed by atoms with E-state index in [4.69, 9.17) is 0 Å². The third kappa shape index (κ3) is 3.42. The zero-order valence-corrected chi connectivity index (χ0v) is 11.7. The topological polar surface area (TPSA) is 76.1 Å². The second-order valence-corrected chi connectivity index (χ2v) is 6.16. The van der Waals surface area contributed by atoms with E-state index >= 15 is 0 Å². The number of carbonyl (C=O) groups is 1. The summed E-state index contributed by atoms with van der Waals surface area (Å²) in [5, 5.41) is 0. The summed E-state index contributed by atoms with van der Waals surface area (Å²) in [6.07, 6.45) is 3.11. The molecular weight excluding hydrogens is 276 g/mol. The molecule has 6 heteroatoms. The molecule has 0 radical (unpaired) electrons. The number of nitrogens with one attached hydrogen (secondary N) is 1. The van der Waals surface area contributed by atoms with Gasteiger partial charge in [0.2, 0.25) is 10.0 Å². The van der Waals surface area contributed by atoms with Crippen molar-refractivity contribution in [2.24, 2.45) is 0 Å². The standard InChI is InChI=1S/C14H14N2O3S/c1-2-20(18,19)16-13-5-3-11(4-6-13)14(17)12-7-9-15-10-8-12/h3-10,16H,2H2,1H3. The fourth-order valence-corrected chi connectivity index (χ4v) is 2.25. The van der Waals surface area contributed by atoms with Crippen LogP contribution >= 0.6 is 0 Å². The smallest absolute Gasteiger partial charge is 0.232 e. The molecule has 1 aromatic carbocycles. The quantitative estimate of drug-likeness (QED) is 0.855. The second-order valence-electron chi connectivity index (χ2n) is 4.15. The van der Waals surface area contributed by atoms with Gasteiger partial charge in [0, 0.05) is 29.2 Å². The normalized spacial score (nSPS) is 11.1. The molecule has 1 heterocycles. The molecule has 5 nitrogen and oxygen atoms in total. The monoisotopic (exact) mass is 290 g/mol. The number of nitrogens with zero attached hydrogens (tertiary/aromatic N) is 1. The summed E-state index contributed by atoms with van der Waals surface area (Å²) < 4.78 is 25.3. The first kappa shape index (κ1) is 14.2. The molecule has 0 fully saturated rings. The molecule has 0 atom stereocenters. The Hall–Kier alpha value is -2.21. The average Bonchev–Trinajstić information content (AvgIpc) is 2.48. The van der Waals surface area contributed by atoms with Gasteiger partial charge in [0.1, 0.15) is 0 Å². The first-order valence-electron chi connectivity index (χ1n) is 6.07. The van der Waals surface area contributed by atoms with Crippen LogP contribution in [0.1, 0.15) is 22.8 Å². The molecule has 2 aromatic rings. The summed E-state index contributed by atoms with van der Waals surface area (Å²) >= 11 is 0. The number of hydrogen-bond acceptors (Lipinski definition) is 4. The Labute approximate surface area is 117 Å². The predicted octanol–water partition coefficient (Wildman–Crippen LogP) is 2.07. The molecule has 2 rings (SSSR count). The Morgan fingerprint density at radius 1 is 1.05 bits per heavy atom. The number of ketones is 1. The Balaban J connectivity index is 2.19. The molecule has 0 saturated carbocycles. The number of benzene rings is 1. The zero-order chi connectivity index (χ0) is 14.6. The van der Waals surface area contributed by atoms with Crippen LogP contribution in [-0.2, 0) is 10.0 Å². The number of rotatable bonds is 5. The molecule has 0 aliphatic rings. The van der Waals surface area contributed by atoms with E-state index in [2.05, 4.69) is 9.71 Å². The molecule has 0 amide bonds.